The molecule has 6 atom stereocenters. The van der Waals surface area contributed by atoms with Gasteiger partial charge in [-0.2, -0.15) is 0 Å². The van der Waals surface area contributed by atoms with E-state index in [1.54, 1.807) is 0 Å². The van der Waals surface area contributed by atoms with Crippen molar-refractivity contribution in [2.45, 2.75) is 382 Å². The van der Waals surface area contributed by atoms with Crippen LogP contribution in [0.4, 0.5) is 0 Å². The van der Waals surface area contributed by atoms with Crippen LogP contribution in [0.25, 0.3) is 0 Å². The molecule has 0 bridgehead atoms. The molecule has 0 aromatic carbocycles. The average molecular weight is 1350 g/mol. The Morgan fingerprint density at radius 1 is 0.304 bits per heavy atom. The van der Waals surface area contributed by atoms with Crippen LogP contribution in [0.3, 0.4) is 0 Å². The summed E-state index contributed by atoms with van der Waals surface area (Å²) in [5, 5.41) is 10.6. The fourth-order valence-electron chi connectivity index (χ4n) is 11.0. The lowest BCUT2D eigenvalue weighted by molar-refractivity contribution is -0.161. The van der Waals surface area contributed by atoms with Gasteiger partial charge in [0.05, 0.1) is 26.4 Å². The number of phosphoric acid groups is 2. The molecule has 0 fully saturated rings. The van der Waals surface area contributed by atoms with E-state index >= 15 is 0 Å². The quantitative estimate of drug-likeness (QED) is 0.0222. The summed E-state index contributed by atoms with van der Waals surface area (Å²) in [6.07, 6.45) is 46.1. The van der Waals surface area contributed by atoms with Crippen molar-refractivity contribution in [2.24, 2.45) is 23.7 Å². The number of aliphatic hydroxyl groups is 1. The van der Waals surface area contributed by atoms with Crippen LogP contribution in [0.5, 0.6) is 0 Å². The minimum Gasteiger partial charge on any atom is -0.462 e. The Morgan fingerprint density at radius 2 is 0.522 bits per heavy atom. The van der Waals surface area contributed by atoms with Crippen LogP contribution in [0.2, 0.25) is 0 Å². The summed E-state index contributed by atoms with van der Waals surface area (Å²) >= 11 is 0. The number of hydrogen-bond acceptors (Lipinski definition) is 15. The average Bonchev–Trinajstić information content (AvgIpc) is 2.21. The zero-order valence-corrected chi connectivity index (χ0v) is 62.0. The van der Waals surface area contributed by atoms with Gasteiger partial charge >= 0.3 is 39.5 Å². The normalized spacial score (nSPS) is 14.5. The Balaban J connectivity index is 5.18. The van der Waals surface area contributed by atoms with E-state index in [0.29, 0.717) is 37.5 Å². The predicted octanol–water partition coefficient (Wildman–Crippen LogP) is 20.9. The van der Waals surface area contributed by atoms with Gasteiger partial charge in [0.15, 0.2) is 12.2 Å². The van der Waals surface area contributed by atoms with E-state index in [2.05, 4.69) is 55.4 Å². The van der Waals surface area contributed by atoms with Gasteiger partial charge in [-0.1, -0.05) is 312 Å². The fraction of sp³-hybridized carbons (Fsp3) is 0.945. The molecule has 0 amide bonds. The zero-order valence-electron chi connectivity index (χ0n) is 60.2. The maximum atomic E-state index is 13.0. The number of aliphatic hydroxyl groups excluding tert-OH is 1. The second-order valence-corrected chi connectivity index (χ2v) is 30.9. The van der Waals surface area contributed by atoms with Gasteiger partial charge in [0.1, 0.15) is 19.3 Å². The lowest BCUT2D eigenvalue weighted by Crippen LogP contribution is -2.30. The topological polar surface area (TPSA) is 237 Å². The molecule has 0 aromatic rings. The molecule has 19 heteroatoms. The van der Waals surface area contributed by atoms with Crippen LogP contribution >= 0.6 is 15.6 Å². The maximum Gasteiger partial charge on any atom is 0.472 e. The summed E-state index contributed by atoms with van der Waals surface area (Å²) in [5.74, 6) is 0.871. The Hall–Kier alpha value is -1.94. The number of carbonyl (C=O) groups is 4. The van der Waals surface area contributed by atoms with Gasteiger partial charge in [0.25, 0.3) is 0 Å². The third-order valence-corrected chi connectivity index (χ3v) is 19.1. The van der Waals surface area contributed by atoms with Crippen molar-refractivity contribution in [3.05, 3.63) is 0 Å². The molecule has 0 saturated heterocycles. The zero-order chi connectivity index (χ0) is 68.2. The van der Waals surface area contributed by atoms with E-state index in [1.165, 1.54) is 161 Å². The number of hydrogen-bond donors (Lipinski definition) is 3. The van der Waals surface area contributed by atoms with E-state index in [0.717, 1.165) is 108 Å². The van der Waals surface area contributed by atoms with Crippen LogP contribution in [0.15, 0.2) is 0 Å². The highest BCUT2D eigenvalue weighted by molar-refractivity contribution is 7.47. The van der Waals surface area contributed by atoms with Crippen molar-refractivity contribution in [2.75, 3.05) is 39.6 Å². The molecule has 0 aromatic heterocycles. The molecule has 3 N–H and O–H groups in total. The second kappa shape index (κ2) is 62.6. The van der Waals surface area contributed by atoms with Gasteiger partial charge in [-0.25, -0.2) is 9.13 Å². The third kappa shape index (κ3) is 65.4. The number of esters is 4. The van der Waals surface area contributed by atoms with E-state index in [4.69, 9.17) is 37.0 Å². The van der Waals surface area contributed by atoms with Crippen molar-refractivity contribution >= 4 is 39.5 Å². The molecule has 0 aliphatic heterocycles. The smallest absolute Gasteiger partial charge is 0.462 e. The van der Waals surface area contributed by atoms with Crippen LogP contribution in [0.1, 0.15) is 364 Å². The number of ether oxygens (including phenoxy) is 4. The van der Waals surface area contributed by atoms with E-state index in [-0.39, 0.29) is 25.7 Å². The second-order valence-electron chi connectivity index (χ2n) is 28.0. The molecule has 92 heavy (non-hydrogen) atoms. The molecule has 17 nitrogen and oxygen atoms in total. The lowest BCUT2D eigenvalue weighted by atomic mass is 9.99. The summed E-state index contributed by atoms with van der Waals surface area (Å²) in [6, 6.07) is 0. The van der Waals surface area contributed by atoms with Gasteiger partial charge < -0.3 is 33.8 Å². The van der Waals surface area contributed by atoms with Crippen molar-refractivity contribution < 1.29 is 80.2 Å². The highest BCUT2D eigenvalue weighted by Gasteiger charge is 2.30. The molecule has 0 rings (SSSR count). The molecule has 0 heterocycles. The Kier molecular flexibility index (Phi) is 61.3. The minimum atomic E-state index is -4.95. The van der Waals surface area contributed by atoms with Crippen LogP contribution < -0.4 is 0 Å². The highest BCUT2D eigenvalue weighted by Crippen LogP contribution is 2.45. The summed E-state index contributed by atoms with van der Waals surface area (Å²) in [6.45, 7) is 14.1. The first-order chi connectivity index (χ1) is 44.1. The molecule has 0 aliphatic carbocycles. The van der Waals surface area contributed by atoms with Crippen molar-refractivity contribution in [3.63, 3.8) is 0 Å². The van der Waals surface area contributed by atoms with Crippen LogP contribution in [-0.4, -0.2) is 96.7 Å². The standard InChI is InChI=1S/C73H142O17P2/c1-9-66(8)52-44-36-27-21-17-12-10-11-13-18-22-28-37-45-53-70(75)83-60-69(90-73(78)56-48-40-32-31-35-43-51-65(6)7)62-88-92(81,82)86-58-67(74)57-85-91(79,80)87-61-68(59-84-71(76)54-46-38-30-24-26-34-42-50-64(4)5)89-72(77)55-47-39-29-23-19-15-14-16-20-25-33-41-49-63(2)3/h63-69,74H,9-62H2,1-8H3,(H,79,80)(H,81,82)/t66?,67?,68-,69-/m1/s1. The molecular formula is C73H142O17P2. The molecule has 0 saturated carbocycles. The van der Waals surface area contributed by atoms with Crippen LogP contribution in [0, 0.1) is 23.7 Å². The van der Waals surface area contributed by atoms with Crippen molar-refractivity contribution in [1.29, 1.82) is 0 Å². The largest absolute Gasteiger partial charge is 0.472 e. The van der Waals surface area contributed by atoms with Crippen molar-refractivity contribution in [1.82, 2.24) is 0 Å². The summed E-state index contributed by atoms with van der Waals surface area (Å²) < 4.78 is 68.3. The van der Waals surface area contributed by atoms with E-state index in [1.807, 2.05) is 0 Å². The van der Waals surface area contributed by atoms with Gasteiger partial charge in [-0.15, -0.1) is 0 Å². The molecule has 0 spiro atoms. The highest BCUT2D eigenvalue weighted by atomic mass is 31.2. The summed E-state index contributed by atoms with van der Waals surface area (Å²) in [7, 11) is -9.90. The molecule has 0 aliphatic rings. The van der Waals surface area contributed by atoms with E-state index < -0.39 is 97.5 Å². The summed E-state index contributed by atoms with van der Waals surface area (Å²) in [4.78, 5) is 72.6. The number of carbonyl (C=O) groups excluding carboxylic acids is 4. The van der Waals surface area contributed by atoms with Gasteiger partial charge in [-0.3, -0.25) is 37.3 Å². The first-order valence-electron chi connectivity index (χ1n) is 37.7. The lowest BCUT2D eigenvalue weighted by Gasteiger charge is -2.21. The SMILES string of the molecule is CCC(C)CCCCCCCCCCCCCCCCC(=O)OC[C@H](COP(=O)(O)OCC(O)COP(=O)(O)OC[C@@H](COC(=O)CCCCCCCCCC(C)C)OC(=O)CCCCCCCCCCCCCCC(C)C)OC(=O)CCCCCCCCC(C)C. The Morgan fingerprint density at radius 3 is 0.772 bits per heavy atom. The van der Waals surface area contributed by atoms with Gasteiger partial charge in [0, 0.05) is 25.7 Å². The van der Waals surface area contributed by atoms with Gasteiger partial charge in [0.2, 0.25) is 0 Å². The maximum absolute atomic E-state index is 13.0. The number of rotatable bonds is 70. The molecule has 0 radical (unpaired) electrons. The van der Waals surface area contributed by atoms with Crippen LogP contribution in [-0.2, 0) is 65.4 Å². The third-order valence-electron chi connectivity index (χ3n) is 17.2. The number of phosphoric ester groups is 2. The molecule has 546 valence electrons. The molecule has 4 unspecified atom stereocenters. The monoisotopic (exact) mass is 1350 g/mol. The fourth-order valence-corrected chi connectivity index (χ4v) is 12.6. The number of unbranched alkanes of at least 4 members (excludes halogenated alkanes) is 35. The Labute approximate surface area is 562 Å². The molecular weight excluding hydrogens is 1210 g/mol. The van der Waals surface area contributed by atoms with E-state index in [9.17, 15) is 43.2 Å². The predicted molar refractivity (Wildman–Crippen MR) is 372 cm³/mol. The Bertz CT molecular complexity index is 1820. The minimum absolute atomic E-state index is 0.102. The van der Waals surface area contributed by atoms with Gasteiger partial charge in [-0.05, 0) is 49.4 Å². The first-order valence-corrected chi connectivity index (χ1v) is 40.7. The van der Waals surface area contributed by atoms with Crippen molar-refractivity contribution in [3.8, 4) is 0 Å². The first kappa shape index (κ1) is 90.1. The summed E-state index contributed by atoms with van der Waals surface area (Å²) in [5.41, 5.74) is 0.